The summed E-state index contributed by atoms with van der Waals surface area (Å²) in [6, 6.07) is 1.51. The van der Waals surface area contributed by atoms with Crippen molar-refractivity contribution in [2.24, 2.45) is 7.05 Å². The second-order valence-corrected chi connectivity index (χ2v) is 2.92. The van der Waals surface area contributed by atoms with E-state index in [0.29, 0.717) is 0 Å². The molecule has 0 bridgehead atoms. The minimum absolute atomic E-state index is 0. The number of hydrogen-bond donors (Lipinski definition) is 0. The molecule has 16 heavy (non-hydrogen) atoms. The molecule has 1 aromatic rings. The average molecular weight is 290 g/mol. The standard InChI is InChI=1S/C10H12NO4.BrH/c1-11-5-4-7(9(12)14-2)8(6-11)10(13)15-3;/h4-6H,1-3H3;1H/q+1;/p-1. The summed E-state index contributed by atoms with van der Waals surface area (Å²) in [5.74, 6) is -1.12. The Balaban J connectivity index is 0.00000225. The molecule has 0 radical (unpaired) electrons. The summed E-state index contributed by atoms with van der Waals surface area (Å²) in [6.07, 6.45) is 3.16. The van der Waals surface area contributed by atoms with E-state index in [1.165, 1.54) is 26.5 Å². The number of carbonyl (C=O) groups is 2. The van der Waals surface area contributed by atoms with E-state index in [4.69, 9.17) is 0 Å². The minimum Gasteiger partial charge on any atom is -1.00 e. The number of methoxy groups -OCH3 is 2. The Labute approximate surface area is 104 Å². The summed E-state index contributed by atoms with van der Waals surface area (Å²) in [5, 5.41) is 0. The van der Waals surface area contributed by atoms with Gasteiger partial charge in [-0.2, -0.15) is 0 Å². The monoisotopic (exact) mass is 289 g/mol. The van der Waals surface area contributed by atoms with Crippen molar-refractivity contribution in [3.63, 3.8) is 0 Å². The normalized spacial score (nSPS) is 8.94. The van der Waals surface area contributed by atoms with Crippen molar-refractivity contribution in [1.29, 1.82) is 0 Å². The Morgan fingerprint density at radius 1 is 1.12 bits per heavy atom. The van der Waals surface area contributed by atoms with Crippen LogP contribution in [0.25, 0.3) is 0 Å². The maximum absolute atomic E-state index is 11.4. The van der Waals surface area contributed by atoms with Crippen molar-refractivity contribution >= 4 is 11.9 Å². The Kier molecular flexibility index (Phi) is 5.66. The van der Waals surface area contributed by atoms with Gasteiger partial charge in [-0.05, 0) is 0 Å². The van der Waals surface area contributed by atoms with Crippen LogP contribution in [0.5, 0.6) is 0 Å². The molecule has 0 amide bonds. The Morgan fingerprint density at radius 3 is 2.12 bits per heavy atom. The van der Waals surface area contributed by atoms with Crippen molar-refractivity contribution in [3.05, 3.63) is 29.6 Å². The average Bonchev–Trinajstić information content (AvgIpc) is 2.26. The fourth-order valence-electron chi connectivity index (χ4n) is 1.16. The summed E-state index contributed by atoms with van der Waals surface area (Å²) in [6.45, 7) is 0. The molecule has 5 nitrogen and oxygen atoms in total. The lowest BCUT2D eigenvalue weighted by atomic mass is 10.1. The van der Waals surface area contributed by atoms with Crippen LogP contribution in [0.2, 0.25) is 0 Å². The Bertz CT molecular complexity index is 406. The Morgan fingerprint density at radius 2 is 1.62 bits per heavy atom. The molecular weight excluding hydrogens is 278 g/mol. The summed E-state index contributed by atoms with van der Waals surface area (Å²) in [7, 11) is 4.26. The number of ether oxygens (including phenoxy) is 2. The summed E-state index contributed by atoms with van der Waals surface area (Å²) in [4.78, 5) is 22.7. The summed E-state index contributed by atoms with van der Waals surface area (Å²) < 4.78 is 10.8. The van der Waals surface area contributed by atoms with E-state index in [0.717, 1.165) is 0 Å². The van der Waals surface area contributed by atoms with E-state index in [1.54, 1.807) is 17.8 Å². The second-order valence-electron chi connectivity index (χ2n) is 2.92. The van der Waals surface area contributed by atoms with Gasteiger partial charge in [-0.15, -0.1) is 0 Å². The van der Waals surface area contributed by atoms with E-state index in [9.17, 15) is 9.59 Å². The molecule has 0 atom stereocenters. The third-order valence-electron chi connectivity index (χ3n) is 1.91. The van der Waals surface area contributed by atoms with E-state index in [1.807, 2.05) is 0 Å². The molecule has 1 rings (SSSR count). The highest BCUT2D eigenvalue weighted by molar-refractivity contribution is 6.02. The predicted octanol–water partition coefficient (Wildman–Crippen LogP) is -2.91. The van der Waals surface area contributed by atoms with E-state index in [-0.39, 0.29) is 28.1 Å². The number of carbonyl (C=O) groups excluding carboxylic acids is 2. The number of rotatable bonds is 2. The van der Waals surface area contributed by atoms with Gasteiger partial charge >= 0.3 is 11.9 Å². The smallest absolute Gasteiger partial charge is 0.344 e. The van der Waals surface area contributed by atoms with Crippen molar-refractivity contribution in [1.82, 2.24) is 0 Å². The van der Waals surface area contributed by atoms with Crippen molar-refractivity contribution in [3.8, 4) is 0 Å². The molecule has 0 saturated carbocycles. The zero-order chi connectivity index (χ0) is 11.4. The van der Waals surface area contributed by atoms with Crippen LogP contribution >= 0.6 is 0 Å². The molecule has 0 spiro atoms. The first-order valence-corrected chi connectivity index (χ1v) is 4.26. The van der Waals surface area contributed by atoms with Gasteiger partial charge in [0.2, 0.25) is 0 Å². The van der Waals surface area contributed by atoms with Crippen molar-refractivity contribution in [2.45, 2.75) is 0 Å². The van der Waals surface area contributed by atoms with Gasteiger partial charge < -0.3 is 26.5 Å². The maximum atomic E-state index is 11.4. The van der Waals surface area contributed by atoms with E-state index in [2.05, 4.69) is 9.47 Å². The molecular formula is C10H12BrNO4. The first kappa shape index (κ1) is 14.6. The first-order chi connectivity index (χ1) is 7.10. The Hall–Kier alpha value is -1.43. The summed E-state index contributed by atoms with van der Waals surface area (Å²) in [5.41, 5.74) is 0.386. The highest BCUT2D eigenvalue weighted by atomic mass is 79.9. The lowest BCUT2D eigenvalue weighted by Crippen LogP contribution is -3.00. The number of pyridine rings is 1. The van der Waals surface area contributed by atoms with Crippen molar-refractivity contribution < 1.29 is 40.6 Å². The number of esters is 2. The van der Waals surface area contributed by atoms with Gasteiger partial charge in [-0.25, -0.2) is 14.2 Å². The van der Waals surface area contributed by atoms with Crippen molar-refractivity contribution in [2.75, 3.05) is 14.2 Å². The molecule has 6 heteroatoms. The van der Waals surface area contributed by atoms with E-state index >= 15 is 0 Å². The number of aryl methyl sites for hydroxylation is 1. The highest BCUT2D eigenvalue weighted by Crippen LogP contribution is 2.08. The molecule has 0 N–H and O–H groups in total. The largest absolute Gasteiger partial charge is 1.00 e. The molecule has 0 aliphatic carbocycles. The number of hydrogen-bond acceptors (Lipinski definition) is 4. The molecule has 88 valence electrons. The molecule has 0 unspecified atom stereocenters. The van der Waals surface area contributed by atoms with Crippen LogP contribution in [0.15, 0.2) is 18.5 Å². The van der Waals surface area contributed by atoms with E-state index < -0.39 is 11.9 Å². The topological polar surface area (TPSA) is 56.5 Å². The van der Waals surface area contributed by atoms with Crippen LogP contribution in [0.3, 0.4) is 0 Å². The fourth-order valence-corrected chi connectivity index (χ4v) is 1.16. The SMILES string of the molecule is COC(=O)c1cc[n+](C)cc1C(=O)OC.[Br-]. The van der Waals surface area contributed by atoms with Gasteiger partial charge in [0.1, 0.15) is 12.6 Å². The third-order valence-corrected chi connectivity index (χ3v) is 1.91. The van der Waals surface area contributed by atoms with Gasteiger partial charge in [0.15, 0.2) is 12.4 Å². The van der Waals surface area contributed by atoms with Crippen LogP contribution in [0, 0.1) is 0 Å². The lowest BCUT2D eigenvalue weighted by Gasteiger charge is -2.03. The van der Waals surface area contributed by atoms with Crippen LogP contribution in [-0.2, 0) is 16.5 Å². The van der Waals surface area contributed by atoms with Crippen LogP contribution < -0.4 is 21.5 Å². The second kappa shape index (κ2) is 6.22. The van der Waals surface area contributed by atoms with Crippen LogP contribution in [0.1, 0.15) is 20.7 Å². The number of halogens is 1. The molecule has 0 saturated heterocycles. The van der Waals surface area contributed by atoms with Gasteiger partial charge in [0.05, 0.1) is 19.8 Å². The van der Waals surface area contributed by atoms with Gasteiger partial charge in [-0.1, -0.05) is 0 Å². The lowest BCUT2D eigenvalue weighted by molar-refractivity contribution is -0.671. The molecule has 0 fully saturated rings. The third kappa shape index (κ3) is 3.03. The van der Waals surface area contributed by atoms with Gasteiger partial charge in [-0.3, -0.25) is 0 Å². The minimum atomic E-state index is -0.563. The van der Waals surface area contributed by atoms with Gasteiger partial charge in [0, 0.05) is 6.07 Å². The molecule has 0 aromatic carbocycles. The quantitative estimate of drug-likeness (QED) is 0.433. The number of nitrogens with zero attached hydrogens (tertiary/aromatic N) is 1. The molecule has 0 aliphatic heterocycles. The van der Waals surface area contributed by atoms with Crippen LogP contribution in [-0.4, -0.2) is 26.2 Å². The molecule has 1 heterocycles. The highest BCUT2D eigenvalue weighted by Gasteiger charge is 2.21. The zero-order valence-corrected chi connectivity index (χ0v) is 10.8. The summed E-state index contributed by atoms with van der Waals surface area (Å²) >= 11 is 0. The van der Waals surface area contributed by atoms with Gasteiger partial charge in [0.25, 0.3) is 0 Å². The molecule has 1 aromatic heterocycles. The maximum Gasteiger partial charge on any atom is 0.344 e. The zero-order valence-electron chi connectivity index (χ0n) is 9.19. The predicted molar refractivity (Wildman–Crippen MR) is 50.3 cm³/mol. The molecule has 0 aliphatic rings. The van der Waals surface area contributed by atoms with Crippen LogP contribution in [0.4, 0.5) is 0 Å². The fraction of sp³-hybridized carbons (Fsp3) is 0.300. The number of aromatic nitrogens is 1. The first-order valence-electron chi connectivity index (χ1n) is 4.26.